The predicted molar refractivity (Wildman–Crippen MR) is 137 cm³/mol. The van der Waals surface area contributed by atoms with Crippen LogP contribution in [0.25, 0.3) is 11.1 Å². The van der Waals surface area contributed by atoms with Crippen LogP contribution in [-0.4, -0.2) is 43.8 Å². The molecule has 4 aromatic rings. The molecule has 1 aliphatic rings. The summed E-state index contributed by atoms with van der Waals surface area (Å²) in [4.78, 5) is 44.6. The fraction of sp³-hybridized carbons (Fsp3) is 0.200. The van der Waals surface area contributed by atoms with Gasteiger partial charge in [0.25, 0.3) is 11.8 Å². The summed E-state index contributed by atoms with van der Waals surface area (Å²) in [5.41, 5.74) is 1.61. The first-order valence-corrected chi connectivity index (χ1v) is 12.5. The van der Waals surface area contributed by atoms with E-state index < -0.39 is 23.6 Å². The van der Waals surface area contributed by atoms with E-state index in [1.54, 1.807) is 19.1 Å². The van der Waals surface area contributed by atoms with Crippen molar-refractivity contribution in [2.75, 3.05) is 12.4 Å². The van der Waals surface area contributed by atoms with E-state index in [1.165, 1.54) is 35.7 Å². The molecule has 5 heterocycles. The summed E-state index contributed by atoms with van der Waals surface area (Å²) >= 11 is 7.30. The Morgan fingerprint density at radius 2 is 1.87 bits per heavy atom. The smallest absolute Gasteiger partial charge is 0.417 e. The number of amides is 2. The number of aryl methyl sites for hydroxylation is 1. The third-order valence-corrected chi connectivity index (χ3v) is 7.10. The number of nitrogens with one attached hydrogen (secondary N) is 1. The van der Waals surface area contributed by atoms with E-state index in [1.807, 2.05) is 0 Å². The first-order chi connectivity index (χ1) is 18.5. The Hall–Kier alpha value is -4.10. The van der Waals surface area contributed by atoms with Crippen molar-refractivity contribution in [1.29, 1.82) is 0 Å². The van der Waals surface area contributed by atoms with Gasteiger partial charge in [0, 0.05) is 29.2 Å². The molecule has 0 radical (unpaired) electrons. The highest BCUT2D eigenvalue weighted by Gasteiger charge is 2.33. The molecule has 39 heavy (non-hydrogen) atoms. The van der Waals surface area contributed by atoms with Crippen LogP contribution in [0.2, 0.25) is 5.15 Å². The lowest BCUT2D eigenvalue weighted by Gasteiger charge is -2.15. The Labute approximate surface area is 228 Å². The Morgan fingerprint density at radius 3 is 2.54 bits per heavy atom. The van der Waals surface area contributed by atoms with Gasteiger partial charge in [0.05, 0.1) is 48.1 Å². The minimum atomic E-state index is -4.54. The molecule has 0 fully saturated rings. The van der Waals surface area contributed by atoms with Crippen molar-refractivity contribution in [2.24, 2.45) is 0 Å². The maximum atomic E-state index is 13.3. The predicted octanol–water partition coefficient (Wildman–Crippen LogP) is 5.39. The zero-order valence-electron chi connectivity index (χ0n) is 20.3. The van der Waals surface area contributed by atoms with Crippen molar-refractivity contribution in [3.05, 3.63) is 81.1 Å². The van der Waals surface area contributed by atoms with Gasteiger partial charge in [-0.3, -0.25) is 24.9 Å². The molecule has 0 saturated carbocycles. The van der Waals surface area contributed by atoms with Gasteiger partial charge in [-0.05, 0) is 31.2 Å². The zero-order chi connectivity index (χ0) is 27.9. The normalized spacial score (nSPS) is 12.8. The van der Waals surface area contributed by atoms with Gasteiger partial charge in [-0.1, -0.05) is 22.9 Å². The van der Waals surface area contributed by atoms with Crippen molar-refractivity contribution >= 4 is 39.9 Å². The molecule has 2 amide bonds. The number of halogens is 4. The fourth-order valence-electron chi connectivity index (χ4n) is 4.01. The van der Waals surface area contributed by atoms with E-state index in [2.05, 4.69) is 25.3 Å². The topological polar surface area (TPSA) is 110 Å². The lowest BCUT2D eigenvalue weighted by Crippen LogP contribution is -2.26. The number of thiazole rings is 1. The Morgan fingerprint density at radius 1 is 1.08 bits per heavy atom. The maximum Gasteiger partial charge on any atom is 0.417 e. The van der Waals surface area contributed by atoms with Crippen LogP contribution in [0, 0.1) is 6.92 Å². The fourth-order valence-corrected chi connectivity index (χ4v) is 5.15. The van der Waals surface area contributed by atoms with Gasteiger partial charge in [-0.15, -0.1) is 0 Å². The number of hydrogen-bond donors (Lipinski definition) is 1. The van der Waals surface area contributed by atoms with E-state index in [0.717, 1.165) is 17.0 Å². The van der Waals surface area contributed by atoms with Crippen LogP contribution in [0.5, 0.6) is 5.75 Å². The number of carbonyl (C=O) groups excluding carboxylic acids is 2. The number of rotatable bonds is 5. The number of ether oxygens (including phenoxy) is 1. The number of hydrogen-bond acceptors (Lipinski definition) is 8. The van der Waals surface area contributed by atoms with Crippen molar-refractivity contribution in [1.82, 2.24) is 24.8 Å². The number of methoxy groups -OCH3 is 1. The van der Waals surface area contributed by atoms with E-state index in [4.69, 9.17) is 16.3 Å². The summed E-state index contributed by atoms with van der Waals surface area (Å²) < 4.78 is 43.7. The van der Waals surface area contributed by atoms with Crippen LogP contribution in [0.4, 0.5) is 18.3 Å². The molecule has 4 aromatic heterocycles. The molecule has 1 aliphatic heterocycles. The van der Waals surface area contributed by atoms with Gasteiger partial charge in [0.2, 0.25) is 0 Å². The Balaban J connectivity index is 1.32. The lowest BCUT2D eigenvalue weighted by molar-refractivity contribution is -0.137. The number of carbonyl (C=O) groups is 2. The number of fused-ring (bicyclic) bond motifs is 1. The molecule has 1 N–H and O–H groups in total. The standard InChI is InChI=1S/C25H18ClF3N6O3S/c1-12-5-14(15-6-21(26)32-9-19(15)38-2)16(8-30-12)22(36)34-24-33-18-10-35(11-20(18)39-24)23(37)17-4-3-13(7-31-17)25(27,28)29/h3-9H,10-11H2,1-2H3,(H,33,34,36). The van der Waals surface area contributed by atoms with Crippen molar-refractivity contribution in [2.45, 2.75) is 26.2 Å². The molecule has 0 aliphatic carbocycles. The third kappa shape index (κ3) is 5.40. The largest absolute Gasteiger partial charge is 0.494 e. The summed E-state index contributed by atoms with van der Waals surface area (Å²) in [5, 5.41) is 3.34. The SMILES string of the molecule is COc1cnc(Cl)cc1-c1cc(C)ncc1C(=O)Nc1nc2c(s1)CN(C(=O)c1ccc(C(F)(F)F)cn1)C2. The van der Waals surface area contributed by atoms with Gasteiger partial charge >= 0.3 is 6.18 Å². The molecule has 0 unspecified atom stereocenters. The third-order valence-electron chi connectivity index (χ3n) is 5.90. The summed E-state index contributed by atoms with van der Waals surface area (Å²) in [6.07, 6.45) is -0.987. The Bertz CT molecular complexity index is 1570. The molecule has 0 aromatic carbocycles. The first-order valence-electron chi connectivity index (χ1n) is 11.3. The first kappa shape index (κ1) is 26.5. The average molecular weight is 575 g/mol. The molecule has 0 spiro atoms. The zero-order valence-corrected chi connectivity index (χ0v) is 21.9. The minimum Gasteiger partial charge on any atom is -0.494 e. The van der Waals surface area contributed by atoms with Crippen LogP contribution < -0.4 is 10.1 Å². The highest BCUT2D eigenvalue weighted by atomic mass is 35.5. The van der Waals surface area contributed by atoms with Crippen LogP contribution in [0.1, 0.15) is 42.7 Å². The minimum absolute atomic E-state index is 0.0993. The van der Waals surface area contributed by atoms with Gasteiger partial charge in [-0.25, -0.2) is 9.97 Å². The van der Waals surface area contributed by atoms with E-state index in [9.17, 15) is 22.8 Å². The maximum absolute atomic E-state index is 13.3. The number of pyridine rings is 3. The van der Waals surface area contributed by atoms with E-state index in [-0.39, 0.29) is 29.5 Å². The number of aromatic nitrogens is 4. The second-order valence-electron chi connectivity index (χ2n) is 8.51. The quantitative estimate of drug-likeness (QED) is 0.318. The highest BCUT2D eigenvalue weighted by Crippen LogP contribution is 2.36. The van der Waals surface area contributed by atoms with Gasteiger partial charge < -0.3 is 9.64 Å². The van der Waals surface area contributed by atoms with Crippen LogP contribution in [0.15, 0.2) is 42.9 Å². The molecule has 9 nitrogen and oxygen atoms in total. The molecule has 14 heteroatoms. The molecule has 200 valence electrons. The summed E-state index contributed by atoms with van der Waals surface area (Å²) in [6.45, 7) is 2.11. The molecule has 0 atom stereocenters. The number of anilines is 1. The second kappa shape index (κ2) is 10.2. The summed E-state index contributed by atoms with van der Waals surface area (Å²) in [6, 6.07) is 5.21. The molecule has 5 rings (SSSR count). The monoisotopic (exact) mass is 574 g/mol. The molecule has 0 saturated heterocycles. The molecular weight excluding hydrogens is 557 g/mol. The van der Waals surface area contributed by atoms with Crippen LogP contribution in [0.3, 0.4) is 0 Å². The van der Waals surface area contributed by atoms with Crippen molar-refractivity contribution in [3.8, 4) is 16.9 Å². The summed E-state index contributed by atoms with van der Waals surface area (Å²) in [7, 11) is 1.49. The van der Waals surface area contributed by atoms with Crippen LogP contribution in [-0.2, 0) is 19.3 Å². The average Bonchev–Trinajstić information content (AvgIpc) is 3.46. The summed E-state index contributed by atoms with van der Waals surface area (Å²) in [5.74, 6) is -0.541. The second-order valence-corrected chi connectivity index (χ2v) is 9.98. The lowest BCUT2D eigenvalue weighted by atomic mass is 10.0. The van der Waals surface area contributed by atoms with Crippen molar-refractivity contribution in [3.63, 3.8) is 0 Å². The highest BCUT2D eigenvalue weighted by molar-refractivity contribution is 7.16. The molecule has 0 bridgehead atoms. The van der Waals surface area contributed by atoms with Gasteiger partial charge in [-0.2, -0.15) is 13.2 Å². The van der Waals surface area contributed by atoms with E-state index >= 15 is 0 Å². The van der Waals surface area contributed by atoms with Gasteiger partial charge in [0.15, 0.2) is 5.13 Å². The molecular formula is C25H18ClF3N6O3S. The number of alkyl halides is 3. The van der Waals surface area contributed by atoms with Crippen molar-refractivity contribution < 1.29 is 27.5 Å². The number of nitrogens with zero attached hydrogens (tertiary/aromatic N) is 5. The van der Waals surface area contributed by atoms with Crippen LogP contribution >= 0.6 is 22.9 Å². The van der Waals surface area contributed by atoms with E-state index in [0.29, 0.717) is 39.6 Å². The van der Waals surface area contributed by atoms with Gasteiger partial charge in [0.1, 0.15) is 16.6 Å². The Kier molecular flexibility index (Phi) is 6.95.